The van der Waals surface area contributed by atoms with Crippen LogP contribution in [0.3, 0.4) is 0 Å². The first-order chi connectivity index (χ1) is 2.94. The van der Waals surface area contributed by atoms with Crippen molar-refractivity contribution in [1.29, 1.82) is 0 Å². The average molecular weight is 138 g/mol. The minimum absolute atomic E-state index is 1.30. The molecule has 0 spiro atoms. The third kappa shape index (κ3) is 2.82. The van der Waals surface area contributed by atoms with E-state index >= 15 is 0 Å². The Labute approximate surface area is 45.7 Å². The SMILES string of the molecule is C[SiH](C)S(C)(=O)=O. The van der Waals surface area contributed by atoms with Crippen LogP contribution < -0.4 is 0 Å². The normalized spacial score (nSPS) is 12.6. The van der Waals surface area contributed by atoms with Gasteiger partial charge in [-0.25, -0.2) is 8.42 Å². The van der Waals surface area contributed by atoms with E-state index in [4.69, 9.17) is 0 Å². The molecule has 0 aliphatic heterocycles. The van der Waals surface area contributed by atoms with E-state index in [0.29, 0.717) is 0 Å². The number of hydrogen-bond donors (Lipinski definition) is 0. The van der Waals surface area contributed by atoms with Crippen LogP contribution in [-0.2, 0) is 9.29 Å². The van der Waals surface area contributed by atoms with Gasteiger partial charge in [0.1, 0.15) is 9.29 Å². The van der Waals surface area contributed by atoms with Gasteiger partial charge in [-0.3, -0.25) is 0 Å². The van der Waals surface area contributed by atoms with Gasteiger partial charge in [-0.05, 0) is 0 Å². The van der Waals surface area contributed by atoms with Crippen molar-refractivity contribution < 1.29 is 8.42 Å². The first-order valence-electron chi connectivity index (χ1n) is 2.13. The molecular formula is C3H10O2SSi. The van der Waals surface area contributed by atoms with E-state index in [1.165, 1.54) is 6.26 Å². The molecule has 0 aromatic rings. The maximum atomic E-state index is 10.4. The highest BCUT2D eigenvalue weighted by Gasteiger charge is 2.08. The van der Waals surface area contributed by atoms with Crippen molar-refractivity contribution >= 4 is 17.2 Å². The molecule has 0 atom stereocenters. The van der Waals surface area contributed by atoms with Crippen molar-refractivity contribution in [1.82, 2.24) is 0 Å². The van der Waals surface area contributed by atoms with Crippen LogP contribution in [0, 0.1) is 0 Å². The van der Waals surface area contributed by atoms with E-state index in [1.807, 2.05) is 0 Å². The van der Waals surface area contributed by atoms with Gasteiger partial charge in [0.05, 0.1) is 0 Å². The zero-order valence-corrected chi connectivity index (χ0v) is 6.77. The summed E-state index contributed by atoms with van der Waals surface area (Å²) in [5.41, 5.74) is 0. The Bertz CT molecular complexity index is 135. The molecule has 0 aliphatic carbocycles. The fourth-order valence-electron chi connectivity index (χ4n) is 0. The molecule has 0 aromatic carbocycles. The third-order valence-electron chi connectivity index (χ3n) is 0.856. The monoisotopic (exact) mass is 138 g/mol. The molecule has 44 valence electrons. The van der Waals surface area contributed by atoms with Gasteiger partial charge < -0.3 is 0 Å². The number of rotatable bonds is 1. The predicted molar refractivity (Wildman–Crippen MR) is 33.7 cm³/mol. The molecule has 0 aromatic heterocycles. The molecule has 0 unspecified atom stereocenters. The Balaban J connectivity index is 4.10. The first-order valence-corrected chi connectivity index (χ1v) is 7.81. The van der Waals surface area contributed by atoms with Crippen LogP contribution in [0.4, 0.5) is 0 Å². The van der Waals surface area contributed by atoms with E-state index in [-0.39, 0.29) is 0 Å². The van der Waals surface area contributed by atoms with Crippen molar-refractivity contribution in [3.8, 4) is 0 Å². The molecule has 0 aliphatic rings. The second-order valence-electron chi connectivity index (χ2n) is 1.88. The fraction of sp³-hybridized carbons (Fsp3) is 1.00. The molecule has 7 heavy (non-hydrogen) atoms. The molecule has 0 N–H and O–H groups in total. The highest BCUT2D eigenvalue weighted by molar-refractivity contribution is 8.17. The molecule has 0 amide bonds. The zero-order chi connectivity index (χ0) is 6.08. The average Bonchev–Trinajstić information content (AvgIpc) is 1.31. The largest absolute Gasteiger partial charge is 0.237 e. The Hall–Kier alpha value is 0.167. The highest BCUT2D eigenvalue weighted by Crippen LogP contribution is 1.88. The van der Waals surface area contributed by atoms with Crippen LogP contribution in [0.15, 0.2) is 0 Å². The van der Waals surface area contributed by atoms with Gasteiger partial charge in [-0.1, -0.05) is 13.1 Å². The zero-order valence-electron chi connectivity index (χ0n) is 4.80. The summed E-state index contributed by atoms with van der Waals surface area (Å²) in [5, 5.41) is 0. The lowest BCUT2D eigenvalue weighted by Crippen LogP contribution is -2.15. The smallest absolute Gasteiger partial charge is 0.173 e. The Morgan fingerprint density at radius 2 is 1.43 bits per heavy atom. The second kappa shape index (κ2) is 1.96. The Kier molecular flexibility index (Phi) is 2.01. The van der Waals surface area contributed by atoms with Gasteiger partial charge in [0, 0.05) is 6.26 Å². The van der Waals surface area contributed by atoms with Gasteiger partial charge >= 0.3 is 0 Å². The molecular weight excluding hydrogens is 128 g/mol. The summed E-state index contributed by atoms with van der Waals surface area (Å²) >= 11 is 0. The van der Waals surface area contributed by atoms with Crippen molar-refractivity contribution in [2.45, 2.75) is 13.1 Å². The maximum absolute atomic E-state index is 10.4. The Morgan fingerprint density at radius 1 is 1.29 bits per heavy atom. The Morgan fingerprint density at radius 3 is 1.43 bits per heavy atom. The van der Waals surface area contributed by atoms with Gasteiger partial charge in [-0.15, -0.1) is 0 Å². The lowest BCUT2D eigenvalue weighted by Gasteiger charge is -1.94. The summed E-state index contributed by atoms with van der Waals surface area (Å²) < 4.78 is 20.8. The van der Waals surface area contributed by atoms with E-state index in [0.717, 1.165) is 0 Å². The van der Waals surface area contributed by atoms with Crippen LogP contribution in [0.1, 0.15) is 0 Å². The van der Waals surface area contributed by atoms with E-state index < -0.39 is 17.2 Å². The van der Waals surface area contributed by atoms with Crippen LogP contribution in [0.2, 0.25) is 13.1 Å². The van der Waals surface area contributed by atoms with E-state index in [2.05, 4.69) is 0 Å². The van der Waals surface area contributed by atoms with E-state index in [9.17, 15) is 8.42 Å². The lowest BCUT2D eigenvalue weighted by atomic mass is 11.9. The quantitative estimate of drug-likeness (QED) is 0.478. The standard InChI is InChI=1S/C3H10O2SSi/c1-6(4,5)7(2)3/h7H,1-3H3. The summed E-state index contributed by atoms with van der Waals surface area (Å²) in [6, 6.07) is 0. The summed E-state index contributed by atoms with van der Waals surface area (Å²) in [4.78, 5) is 0. The number of hydrogen-bond acceptors (Lipinski definition) is 2. The minimum Gasteiger partial charge on any atom is -0.237 e. The fourth-order valence-corrected chi connectivity index (χ4v) is 0. The van der Waals surface area contributed by atoms with Crippen LogP contribution in [0.5, 0.6) is 0 Å². The van der Waals surface area contributed by atoms with Crippen LogP contribution >= 0.6 is 0 Å². The van der Waals surface area contributed by atoms with Crippen LogP contribution in [0.25, 0.3) is 0 Å². The van der Waals surface area contributed by atoms with Crippen molar-refractivity contribution in [2.24, 2.45) is 0 Å². The van der Waals surface area contributed by atoms with Crippen molar-refractivity contribution in [3.63, 3.8) is 0 Å². The molecule has 0 heterocycles. The summed E-state index contributed by atoms with van der Waals surface area (Å²) in [5.74, 6) is 0. The maximum Gasteiger partial charge on any atom is 0.173 e. The topological polar surface area (TPSA) is 34.1 Å². The second-order valence-corrected chi connectivity index (χ2v) is 11.0. The van der Waals surface area contributed by atoms with E-state index in [1.54, 1.807) is 13.1 Å². The lowest BCUT2D eigenvalue weighted by molar-refractivity contribution is 0.613. The van der Waals surface area contributed by atoms with Gasteiger partial charge in [0.25, 0.3) is 0 Å². The third-order valence-corrected chi connectivity index (χ3v) is 7.71. The predicted octanol–water partition coefficient (Wildman–Crippen LogP) is 0.0144. The first kappa shape index (κ1) is 7.17. The van der Waals surface area contributed by atoms with Gasteiger partial charge in [0.15, 0.2) is 7.95 Å². The molecule has 0 saturated carbocycles. The van der Waals surface area contributed by atoms with Crippen molar-refractivity contribution in [3.05, 3.63) is 0 Å². The summed E-state index contributed by atoms with van der Waals surface area (Å²) in [6.45, 7) is 3.60. The molecule has 0 fully saturated rings. The van der Waals surface area contributed by atoms with Crippen molar-refractivity contribution in [2.75, 3.05) is 6.26 Å². The van der Waals surface area contributed by atoms with Gasteiger partial charge in [-0.2, -0.15) is 0 Å². The molecule has 4 heteroatoms. The highest BCUT2D eigenvalue weighted by atomic mass is 32.4. The molecule has 0 saturated heterocycles. The molecule has 0 radical (unpaired) electrons. The summed E-state index contributed by atoms with van der Waals surface area (Å²) in [7, 11) is -3.99. The molecule has 0 rings (SSSR count). The molecule has 2 nitrogen and oxygen atoms in total. The summed E-state index contributed by atoms with van der Waals surface area (Å²) in [6.07, 6.45) is 1.30. The minimum atomic E-state index is -2.60. The van der Waals surface area contributed by atoms with Gasteiger partial charge in [0.2, 0.25) is 0 Å². The molecule has 0 bridgehead atoms. The van der Waals surface area contributed by atoms with Crippen LogP contribution in [-0.4, -0.2) is 22.6 Å².